The Morgan fingerprint density at radius 3 is 1.79 bits per heavy atom. The summed E-state index contributed by atoms with van der Waals surface area (Å²) >= 11 is 0. The minimum absolute atomic E-state index is 0.242. The molecule has 0 aromatic heterocycles. The maximum atomic E-state index is 12.6. The van der Waals surface area contributed by atoms with Crippen LogP contribution in [0, 0.1) is 0 Å². The van der Waals surface area contributed by atoms with Gasteiger partial charge in [0.05, 0.1) is 0 Å². The van der Waals surface area contributed by atoms with Gasteiger partial charge in [-0.15, -0.1) is 0 Å². The molecule has 5 heteroatoms. The number of carbonyl (C=O) groups is 2. The first-order valence-electron chi connectivity index (χ1n) is 9.82. The summed E-state index contributed by atoms with van der Waals surface area (Å²) in [7, 11) is 0. The van der Waals surface area contributed by atoms with Crippen LogP contribution in [0.4, 0.5) is 17.1 Å². The summed E-state index contributed by atoms with van der Waals surface area (Å²) in [6.45, 7) is 2.17. The molecular weight excluding hydrogens is 362 g/mol. The second-order valence-electron chi connectivity index (χ2n) is 7.10. The fourth-order valence-electron chi connectivity index (χ4n) is 3.46. The second-order valence-corrected chi connectivity index (χ2v) is 7.10. The number of benzene rings is 3. The van der Waals surface area contributed by atoms with Crippen LogP contribution in [-0.2, 0) is 0 Å². The highest BCUT2D eigenvalue weighted by atomic mass is 16.2. The van der Waals surface area contributed by atoms with Crippen molar-refractivity contribution in [3.8, 4) is 0 Å². The number of rotatable bonds is 5. The Balaban J connectivity index is 1.42. The van der Waals surface area contributed by atoms with E-state index in [1.54, 1.807) is 24.3 Å². The highest BCUT2D eigenvalue weighted by Crippen LogP contribution is 2.22. The molecular formula is C24H23N3O2. The molecule has 2 N–H and O–H groups in total. The van der Waals surface area contributed by atoms with Gasteiger partial charge in [0.1, 0.15) is 0 Å². The Morgan fingerprint density at radius 1 is 0.655 bits per heavy atom. The van der Waals surface area contributed by atoms with E-state index in [1.807, 2.05) is 54.6 Å². The smallest absolute Gasteiger partial charge is 0.255 e. The second kappa shape index (κ2) is 8.61. The molecule has 1 fully saturated rings. The minimum atomic E-state index is -0.249. The number of nitrogens with one attached hydrogen (secondary N) is 2. The maximum absolute atomic E-state index is 12.6. The van der Waals surface area contributed by atoms with Crippen molar-refractivity contribution in [1.29, 1.82) is 0 Å². The molecule has 0 atom stereocenters. The topological polar surface area (TPSA) is 61.4 Å². The van der Waals surface area contributed by atoms with Gasteiger partial charge in [-0.1, -0.05) is 24.3 Å². The molecule has 1 saturated heterocycles. The fraction of sp³-hybridized carbons (Fsp3) is 0.167. The number of para-hydroxylation sites is 1. The van der Waals surface area contributed by atoms with Gasteiger partial charge in [-0.3, -0.25) is 9.59 Å². The van der Waals surface area contributed by atoms with E-state index in [4.69, 9.17) is 0 Å². The molecule has 2 amide bonds. The van der Waals surface area contributed by atoms with E-state index >= 15 is 0 Å². The van der Waals surface area contributed by atoms with E-state index in [0.717, 1.165) is 18.8 Å². The van der Waals surface area contributed by atoms with Crippen LogP contribution >= 0.6 is 0 Å². The summed E-state index contributed by atoms with van der Waals surface area (Å²) in [5, 5.41) is 5.73. The van der Waals surface area contributed by atoms with Gasteiger partial charge in [0.15, 0.2) is 0 Å². The maximum Gasteiger partial charge on any atom is 0.255 e. The van der Waals surface area contributed by atoms with Crippen molar-refractivity contribution < 1.29 is 9.59 Å². The molecule has 4 rings (SSSR count). The van der Waals surface area contributed by atoms with Crippen molar-refractivity contribution in [2.75, 3.05) is 28.6 Å². The summed E-state index contributed by atoms with van der Waals surface area (Å²) < 4.78 is 0. The van der Waals surface area contributed by atoms with Crippen LogP contribution in [0.3, 0.4) is 0 Å². The van der Waals surface area contributed by atoms with Crippen molar-refractivity contribution in [2.24, 2.45) is 0 Å². The van der Waals surface area contributed by atoms with E-state index in [-0.39, 0.29) is 11.8 Å². The number of hydrogen-bond donors (Lipinski definition) is 2. The first-order chi connectivity index (χ1) is 14.2. The van der Waals surface area contributed by atoms with Gasteiger partial charge in [0.25, 0.3) is 11.8 Å². The molecule has 0 spiro atoms. The first-order valence-corrected chi connectivity index (χ1v) is 9.82. The molecule has 0 aliphatic carbocycles. The zero-order valence-corrected chi connectivity index (χ0v) is 16.1. The van der Waals surface area contributed by atoms with Gasteiger partial charge < -0.3 is 15.5 Å². The minimum Gasteiger partial charge on any atom is -0.372 e. The Morgan fingerprint density at radius 2 is 1.21 bits per heavy atom. The van der Waals surface area contributed by atoms with E-state index in [2.05, 4.69) is 15.5 Å². The van der Waals surface area contributed by atoms with Crippen LogP contribution in [0.15, 0.2) is 78.9 Å². The standard InChI is InChI=1S/C24H23N3O2/c28-23(25-20-9-2-1-3-10-20)18-7-6-8-19(17-18)24(29)26-21-11-13-22(14-12-21)27-15-4-5-16-27/h1-3,6-14,17H,4-5,15-16H2,(H,25,28)(H,26,29). The monoisotopic (exact) mass is 385 g/mol. The van der Waals surface area contributed by atoms with E-state index in [1.165, 1.54) is 18.5 Å². The molecule has 3 aromatic rings. The summed E-state index contributed by atoms with van der Waals surface area (Å²) in [6, 6.07) is 23.8. The third-order valence-electron chi connectivity index (χ3n) is 5.01. The van der Waals surface area contributed by atoms with Crippen LogP contribution in [0.5, 0.6) is 0 Å². The zero-order valence-electron chi connectivity index (χ0n) is 16.1. The molecule has 1 aliphatic rings. The predicted molar refractivity (Wildman–Crippen MR) is 117 cm³/mol. The normalized spacial score (nSPS) is 13.2. The van der Waals surface area contributed by atoms with Crippen molar-refractivity contribution in [2.45, 2.75) is 12.8 Å². The summed E-state index contributed by atoms with van der Waals surface area (Å²) in [4.78, 5) is 27.4. The fourth-order valence-corrected chi connectivity index (χ4v) is 3.46. The Kier molecular flexibility index (Phi) is 5.56. The Hall–Kier alpha value is -3.60. The van der Waals surface area contributed by atoms with Crippen LogP contribution < -0.4 is 15.5 Å². The average Bonchev–Trinajstić information content (AvgIpc) is 3.30. The number of carbonyl (C=O) groups excluding carboxylic acids is 2. The molecule has 29 heavy (non-hydrogen) atoms. The predicted octanol–water partition coefficient (Wildman–Crippen LogP) is 4.79. The lowest BCUT2D eigenvalue weighted by Gasteiger charge is -2.17. The van der Waals surface area contributed by atoms with Gasteiger partial charge in [0.2, 0.25) is 0 Å². The van der Waals surface area contributed by atoms with Crippen molar-refractivity contribution in [3.05, 3.63) is 90.0 Å². The van der Waals surface area contributed by atoms with E-state index in [9.17, 15) is 9.59 Å². The largest absolute Gasteiger partial charge is 0.372 e. The summed E-state index contributed by atoms with van der Waals surface area (Å²) in [5.74, 6) is -0.492. The third kappa shape index (κ3) is 4.63. The molecule has 1 aliphatic heterocycles. The lowest BCUT2D eigenvalue weighted by Crippen LogP contribution is -2.18. The molecule has 3 aromatic carbocycles. The molecule has 146 valence electrons. The van der Waals surface area contributed by atoms with E-state index in [0.29, 0.717) is 16.8 Å². The van der Waals surface area contributed by atoms with Gasteiger partial charge in [-0.25, -0.2) is 0 Å². The van der Waals surface area contributed by atoms with Gasteiger partial charge in [0, 0.05) is 41.3 Å². The number of anilines is 3. The highest BCUT2D eigenvalue weighted by Gasteiger charge is 2.13. The first kappa shape index (κ1) is 18.7. The molecule has 1 heterocycles. The summed E-state index contributed by atoms with van der Waals surface area (Å²) in [6.07, 6.45) is 2.46. The van der Waals surface area contributed by atoms with Gasteiger partial charge in [-0.2, -0.15) is 0 Å². The molecule has 0 saturated carbocycles. The summed E-state index contributed by atoms with van der Waals surface area (Å²) in [5.41, 5.74) is 3.50. The van der Waals surface area contributed by atoms with Crippen molar-refractivity contribution >= 4 is 28.9 Å². The Labute approximate surface area is 170 Å². The molecule has 5 nitrogen and oxygen atoms in total. The molecule has 0 bridgehead atoms. The average molecular weight is 385 g/mol. The lowest BCUT2D eigenvalue weighted by molar-refractivity contribution is 0.102. The number of amides is 2. The van der Waals surface area contributed by atoms with Crippen LogP contribution in [0.25, 0.3) is 0 Å². The molecule has 0 unspecified atom stereocenters. The van der Waals surface area contributed by atoms with Gasteiger partial charge in [-0.05, 0) is 67.4 Å². The number of hydrogen-bond acceptors (Lipinski definition) is 3. The van der Waals surface area contributed by atoms with Crippen molar-refractivity contribution in [3.63, 3.8) is 0 Å². The van der Waals surface area contributed by atoms with Crippen molar-refractivity contribution in [1.82, 2.24) is 0 Å². The van der Waals surface area contributed by atoms with Crippen LogP contribution in [-0.4, -0.2) is 24.9 Å². The van der Waals surface area contributed by atoms with Crippen LogP contribution in [0.2, 0.25) is 0 Å². The quantitative estimate of drug-likeness (QED) is 0.664. The Bertz CT molecular complexity index is 994. The highest BCUT2D eigenvalue weighted by molar-refractivity contribution is 6.08. The molecule has 0 radical (unpaired) electrons. The van der Waals surface area contributed by atoms with E-state index < -0.39 is 0 Å². The SMILES string of the molecule is O=C(Nc1ccccc1)c1cccc(C(=O)Nc2ccc(N3CCCC3)cc2)c1. The zero-order chi connectivity index (χ0) is 20.1. The van der Waals surface area contributed by atoms with Crippen LogP contribution in [0.1, 0.15) is 33.6 Å². The lowest BCUT2D eigenvalue weighted by atomic mass is 10.1. The third-order valence-corrected chi connectivity index (χ3v) is 5.01. The number of nitrogens with zero attached hydrogens (tertiary/aromatic N) is 1. The van der Waals surface area contributed by atoms with Gasteiger partial charge >= 0.3 is 0 Å².